The number of amides is 1. The molecule has 16 heavy (non-hydrogen) atoms. The summed E-state index contributed by atoms with van der Waals surface area (Å²) in [7, 11) is 0. The Kier molecular flexibility index (Phi) is 9.03. The quantitative estimate of drug-likeness (QED) is 0.381. The van der Waals surface area contributed by atoms with Crippen LogP contribution in [0.15, 0.2) is 0 Å². The summed E-state index contributed by atoms with van der Waals surface area (Å²) in [5, 5.41) is 13.9. The molecule has 0 spiro atoms. The molecule has 90 valence electrons. The van der Waals surface area contributed by atoms with Gasteiger partial charge in [-0.1, -0.05) is 12.3 Å². The minimum Gasteiger partial charge on any atom is -0.481 e. The van der Waals surface area contributed by atoms with E-state index < -0.39 is 5.97 Å². The molecular weight excluding hydrogens is 208 g/mol. The van der Waals surface area contributed by atoms with Crippen LogP contribution in [0, 0.1) is 12.3 Å². The maximum Gasteiger partial charge on any atom is 0.303 e. The third-order valence-electron chi connectivity index (χ3n) is 1.90. The van der Waals surface area contributed by atoms with Gasteiger partial charge in [0.2, 0.25) is 5.91 Å². The first-order valence-electron chi connectivity index (χ1n) is 5.29. The molecule has 1 amide bonds. The van der Waals surface area contributed by atoms with Gasteiger partial charge in [0.1, 0.15) is 0 Å². The second kappa shape index (κ2) is 9.99. The van der Waals surface area contributed by atoms with E-state index in [4.69, 9.17) is 11.5 Å². The van der Waals surface area contributed by atoms with Gasteiger partial charge >= 0.3 is 5.97 Å². The zero-order valence-electron chi connectivity index (χ0n) is 9.29. The van der Waals surface area contributed by atoms with Crippen LogP contribution in [0.1, 0.15) is 25.7 Å². The molecular formula is C11H18N2O3. The number of terminal acetylenes is 1. The predicted octanol–water partition coefficient (Wildman–Crippen LogP) is -0.0296. The Bertz CT molecular complexity index is 258. The lowest BCUT2D eigenvalue weighted by atomic mass is 10.2. The first-order valence-corrected chi connectivity index (χ1v) is 5.29. The van der Waals surface area contributed by atoms with Gasteiger partial charge in [0.15, 0.2) is 0 Å². The molecule has 0 aliphatic carbocycles. The topological polar surface area (TPSA) is 78.4 Å². The van der Waals surface area contributed by atoms with E-state index in [0.717, 1.165) is 12.8 Å². The van der Waals surface area contributed by atoms with Crippen molar-refractivity contribution in [2.75, 3.05) is 19.6 Å². The molecule has 0 aromatic rings. The van der Waals surface area contributed by atoms with E-state index in [1.165, 1.54) is 0 Å². The SMILES string of the molecule is C#CCNCC(=O)NCCCCCC(=O)O. The van der Waals surface area contributed by atoms with Gasteiger partial charge in [-0.15, -0.1) is 6.42 Å². The number of hydrogen-bond donors (Lipinski definition) is 3. The Labute approximate surface area is 95.6 Å². The van der Waals surface area contributed by atoms with Gasteiger partial charge in [0.25, 0.3) is 0 Å². The number of carboxylic acids is 1. The second-order valence-electron chi connectivity index (χ2n) is 3.36. The molecule has 5 nitrogen and oxygen atoms in total. The molecule has 0 aromatic heterocycles. The molecule has 3 N–H and O–H groups in total. The zero-order chi connectivity index (χ0) is 12.2. The number of nitrogens with one attached hydrogen (secondary N) is 2. The molecule has 0 aromatic carbocycles. The van der Waals surface area contributed by atoms with E-state index in [9.17, 15) is 9.59 Å². The van der Waals surface area contributed by atoms with Gasteiger partial charge in [-0.05, 0) is 12.8 Å². The van der Waals surface area contributed by atoms with Crippen LogP contribution in [0.4, 0.5) is 0 Å². The standard InChI is InChI=1S/C11H18N2O3/c1-2-7-12-9-10(14)13-8-5-3-4-6-11(15)16/h1,12H,3-9H2,(H,13,14)(H,15,16). The van der Waals surface area contributed by atoms with E-state index in [1.807, 2.05) is 0 Å². The molecule has 0 radical (unpaired) electrons. The summed E-state index contributed by atoms with van der Waals surface area (Å²) < 4.78 is 0. The molecule has 5 heteroatoms. The van der Waals surface area contributed by atoms with Crippen LogP contribution in [0.2, 0.25) is 0 Å². The molecule has 0 fully saturated rings. The van der Waals surface area contributed by atoms with Crippen LogP contribution in [-0.2, 0) is 9.59 Å². The molecule has 0 heterocycles. The number of unbranched alkanes of at least 4 members (excludes halogenated alkanes) is 2. The number of carbonyl (C=O) groups is 2. The summed E-state index contributed by atoms with van der Waals surface area (Å²) in [6, 6.07) is 0. The summed E-state index contributed by atoms with van der Waals surface area (Å²) in [6.45, 7) is 1.18. The number of hydrogen-bond acceptors (Lipinski definition) is 3. The average molecular weight is 226 g/mol. The van der Waals surface area contributed by atoms with Crippen molar-refractivity contribution < 1.29 is 14.7 Å². The molecule has 0 unspecified atom stereocenters. The van der Waals surface area contributed by atoms with Crippen molar-refractivity contribution in [3.63, 3.8) is 0 Å². The largest absolute Gasteiger partial charge is 0.481 e. The van der Waals surface area contributed by atoms with Crippen LogP contribution < -0.4 is 10.6 Å². The van der Waals surface area contributed by atoms with Gasteiger partial charge in [-0.3, -0.25) is 14.9 Å². The molecule has 0 atom stereocenters. The highest BCUT2D eigenvalue weighted by atomic mass is 16.4. The monoisotopic (exact) mass is 226 g/mol. The Morgan fingerprint density at radius 1 is 1.25 bits per heavy atom. The van der Waals surface area contributed by atoms with Crippen LogP contribution in [0.25, 0.3) is 0 Å². The Hall–Kier alpha value is -1.54. The van der Waals surface area contributed by atoms with Crippen molar-refractivity contribution in [1.82, 2.24) is 10.6 Å². The van der Waals surface area contributed by atoms with Gasteiger partial charge < -0.3 is 10.4 Å². The van der Waals surface area contributed by atoms with Crippen molar-refractivity contribution in [1.29, 1.82) is 0 Å². The minimum atomic E-state index is -0.775. The average Bonchev–Trinajstić information content (AvgIpc) is 2.23. The highest BCUT2D eigenvalue weighted by Crippen LogP contribution is 1.98. The second-order valence-corrected chi connectivity index (χ2v) is 3.36. The van der Waals surface area contributed by atoms with Crippen LogP contribution in [0.3, 0.4) is 0 Å². The fourth-order valence-corrected chi connectivity index (χ4v) is 1.12. The number of carboxylic acid groups (broad SMARTS) is 1. The summed E-state index contributed by atoms with van der Waals surface area (Å²) in [5.74, 6) is 1.51. The highest BCUT2D eigenvalue weighted by Gasteiger charge is 1.99. The van der Waals surface area contributed by atoms with Crippen molar-refractivity contribution in [2.24, 2.45) is 0 Å². The third-order valence-corrected chi connectivity index (χ3v) is 1.90. The molecule has 0 aliphatic rings. The van der Waals surface area contributed by atoms with E-state index >= 15 is 0 Å². The molecule has 0 saturated carbocycles. The first-order chi connectivity index (χ1) is 7.66. The summed E-state index contributed by atoms with van der Waals surface area (Å²) in [5.41, 5.74) is 0. The molecule has 0 bridgehead atoms. The lowest BCUT2D eigenvalue weighted by molar-refractivity contribution is -0.137. The van der Waals surface area contributed by atoms with Crippen molar-refractivity contribution >= 4 is 11.9 Å². The van der Waals surface area contributed by atoms with Crippen molar-refractivity contribution in [2.45, 2.75) is 25.7 Å². The maximum absolute atomic E-state index is 11.1. The van der Waals surface area contributed by atoms with Crippen LogP contribution in [-0.4, -0.2) is 36.6 Å². The predicted molar refractivity (Wildman–Crippen MR) is 60.8 cm³/mol. The van der Waals surface area contributed by atoms with Crippen LogP contribution in [0.5, 0.6) is 0 Å². The van der Waals surface area contributed by atoms with E-state index in [-0.39, 0.29) is 18.9 Å². The van der Waals surface area contributed by atoms with Crippen molar-refractivity contribution in [3.8, 4) is 12.3 Å². The Morgan fingerprint density at radius 2 is 2.00 bits per heavy atom. The maximum atomic E-state index is 11.1. The van der Waals surface area contributed by atoms with Gasteiger partial charge in [-0.2, -0.15) is 0 Å². The van der Waals surface area contributed by atoms with Gasteiger partial charge in [-0.25, -0.2) is 0 Å². The smallest absolute Gasteiger partial charge is 0.303 e. The lowest BCUT2D eigenvalue weighted by Crippen LogP contribution is -2.34. The lowest BCUT2D eigenvalue weighted by Gasteiger charge is -2.04. The zero-order valence-corrected chi connectivity index (χ0v) is 9.29. The molecule has 0 saturated heterocycles. The molecule has 0 aliphatic heterocycles. The van der Waals surface area contributed by atoms with E-state index in [1.54, 1.807) is 0 Å². The van der Waals surface area contributed by atoms with Gasteiger partial charge in [0.05, 0.1) is 13.1 Å². The fourth-order valence-electron chi connectivity index (χ4n) is 1.12. The van der Waals surface area contributed by atoms with E-state index in [2.05, 4.69) is 16.6 Å². The minimum absolute atomic E-state index is 0.0894. The first kappa shape index (κ1) is 14.5. The van der Waals surface area contributed by atoms with E-state index in [0.29, 0.717) is 19.5 Å². The fraction of sp³-hybridized carbons (Fsp3) is 0.636. The van der Waals surface area contributed by atoms with Crippen molar-refractivity contribution in [3.05, 3.63) is 0 Å². The Morgan fingerprint density at radius 3 is 2.62 bits per heavy atom. The molecule has 0 rings (SSSR count). The normalized spacial score (nSPS) is 9.44. The summed E-state index contributed by atoms with van der Waals surface area (Å²) in [4.78, 5) is 21.3. The highest BCUT2D eigenvalue weighted by molar-refractivity contribution is 5.77. The summed E-state index contributed by atoms with van der Waals surface area (Å²) >= 11 is 0. The van der Waals surface area contributed by atoms with Crippen LogP contribution >= 0.6 is 0 Å². The summed E-state index contributed by atoms with van der Waals surface area (Å²) in [6.07, 6.45) is 7.46. The third kappa shape index (κ3) is 10.5. The number of aliphatic carboxylic acids is 1. The van der Waals surface area contributed by atoms with Gasteiger partial charge in [0, 0.05) is 13.0 Å². The number of carbonyl (C=O) groups excluding carboxylic acids is 1. The number of rotatable bonds is 9. The Balaban J connectivity index is 3.22.